The van der Waals surface area contributed by atoms with Crippen molar-refractivity contribution in [1.82, 2.24) is 4.98 Å². The van der Waals surface area contributed by atoms with Crippen LogP contribution < -0.4 is 0 Å². The molecule has 1 aromatic heterocycles. The number of carboxylic acid groups (broad SMARTS) is 1. The largest absolute Gasteiger partial charge is 0.478 e. The number of pyridine rings is 1. The molecule has 1 N–H and O–H groups in total. The molecule has 2 aromatic rings. The monoisotopic (exact) mass is 259 g/mol. The van der Waals surface area contributed by atoms with Crippen LogP contribution in [0.4, 0.5) is 4.39 Å². The van der Waals surface area contributed by atoms with E-state index in [-0.39, 0.29) is 26.6 Å². The molecule has 0 radical (unpaired) electrons. The molecule has 0 amide bonds. The van der Waals surface area contributed by atoms with E-state index in [4.69, 9.17) is 28.3 Å². The van der Waals surface area contributed by atoms with Crippen LogP contribution in [0.2, 0.25) is 10.2 Å². The number of halogens is 3. The maximum Gasteiger partial charge on any atom is 0.338 e. The van der Waals surface area contributed by atoms with Gasteiger partial charge in [0.25, 0.3) is 0 Å². The quantitative estimate of drug-likeness (QED) is 0.799. The van der Waals surface area contributed by atoms with E-state index in [9.17, 15) is 9.18 Å². The zero-order valence-corrected chi connectivity index (χ0v) is 9.18. The third kappa shape index (κ3) is 1.70. The Kier molecular flexibility index (Phi) is 2.69. The molecular weight excluding hydrogens is 256 g/mol. The molecule has 0 unspecified atom stereocenters. The van der Waals surface area contributed by atoms with Crippen molar-refractivity contribution in [1.29, 1.82) is 0 Å². The summed E-state index contributed by atoms with van der Waals surface area (Å²) in [6, 6.07) is 3.69. The van der Waals surface area contributed by atoms with Gasteiger partial charge >= 0.3 is 5.97 Å². The SMILES string of the molecule is O=C(O)c1cc2c(Cl)ccc(F)c2nc1Cl. The Labute approximate surface area is 99.4 Å². The summed E-state index contributed by atoms with van der Waals surface area (Å²) >= 11 is 11.4. The lowest BCUT2D eigenvalue weighted by Crippen LogP contribution is -2.00. The first-order valence-electron chi connectivity index (χ1n) is 4.18. The van der Waals surface area contributed by atoms with Crippen LogP contribution in [0.1, 0.15) is 10.4 Å². The molecule has 16 heavy (non-hydrogen) atoms. The first kappa shape index (κ1) is 11.1. The van der Waals surface area contributed by atoms with Gasteiger partial charge in [0.1, 0.15) is 16.5 Å². The molecule has 3 nitrogen and oxygen atoms in total. The first-order valence-corrected chi connectivity index (χ1v) is 4.94. The van der Waals surface area contributed by atoms with Gasteiger partial charge in [0.15, 0.2) is 0 Å². The van der Waals surface area contributed by atoms with Gasteiger partial charge in [0.05, 0.1) is 10.6 Å². The summed E-state index contributed by atoms with van der Waals surface area (Å²) in [5.74, 6) is -1.84. The Morgan fingerprint density at radius 3 is 2.69 bits per heavy atom. The van der Waals surface area contributed by atoms with E-state index in [0.29, 0.717) is 0 Å². The minimum absolute atomic E-state index is 0.0394. The van der Waals surface area contributed by atoms with Crippen LogP contribution in [0.25, 0.3) is 10.9 Å². The summed E-state index contributed by atoms with van der Waals surface area (Å²) < 4.78 is 13.4. The molecule has 2 rings (SSSR count). The van der Waals surface area contributed by atoms with Crippen LogP contribution in [0.5, 0.6) is 0 Å². The van der Waals surface area contributed by atoms with Gasteiger partial charge in [-0.1, -0.05) is 23.2 Å². The molecule has 0 aliphatic rings. The number of benzene rings is 1. The molecule has 1 heterocycles. The van der Waals surface area contributed by atoms with Crippen molar-refractivity contribution in [3.05, 3.63) is 39.8 Å². The van der Waals surface area contributed by atoms with Crippen LogP contribution in [-0.4, -0.2) is 16.1 Å². The van der Waals surface area contributed by atoms with Crippen molar-refractivity contribution in [2.45, 2.75) is 0 Å². The lowest BCUT2D eigenvalue weighted by molar-refractivity contribution is 0.0697. The third-order valence-electron chi connectivity index (χ3n) is 2.07. The van der Waals surface area contributed by atoms with Crippen molar-refractivity contribution in [3.8, 4) is 0 Å². The zero-order valence-electron chi connectivity index (χ0n) is 7.67. The Morgan fingerprint density at radius 1 is 1.38 bits per heavy atom. The van der Waals surface area contributed by atoms with E-state index in [1.54, 1.807) is 0 Å². The number of carboxylic acids is 1. The lowest BCUT2D eigenvalue weighted by Gasteiger charge is -2.04. The molecular formula is C10H4Cl2FNO2. The highest BCUT2D eigenvalue weighted by atomic mass is 35.5. The highest BCUT2D eigenvalue weighted by Crippen LogP contribution is 2.28. The first-order chi connectivity index (χ1) is 7.50. The summed E-state index contributed by atoms with van der Waals surface area (Å²) in [7, 11) is 0. The van der Waals surface area contributed by atoms with Gasteiger partial charge in [-0.2, -0.15) is 0 Å². The highest BCUT2D eigenvalue weighted by Gasteiger charge is 2.15. The van der Waals surface area contributed by atoms with E-state index in [1.807, 2.05) is 0 Å². The fourth-order valence-corrected chi connectivity index (χ4v) is 1.75. The number of nitrogens with zero attached hydrogens (tertiary/aromatic N) is 1. The van der Waals surface area contributed by atoms with E-state index in [0.717, 1.165) is 6.07 Å². The number of aromatic carboxylic acids is 1. The van der Waals surface area contributed by atoms with Gasteiger partial charge in [-0.15, -0.1) is 0 Å². The van der Waals surface area contributed by atoms with Crippen molar-refractivity contribution in [2.24, 2.45) is 0 Å². The Bertz CT molecular complexity index is 601. The highest BCUT2D eigenvalue weighted by molar-refractivity contribution is 6.36. The van der Waals surface area contributed by atoms with Crippen LogP contribution in [-0.2, 0) is 0 Å². The number of fused-ring (bicyclic) bond motifs is 1. The summed E-state index contributed by atoms with van der Waals surface area (Å²) in [5.41, 5.74) is -0.246. The topological polar surface area (TPSA) is 50.2 Å². The van der Waals surface area contributed by atoms with Crippen molar-refractivity contribution in [2.75, 3.05) is 0 Å². The number of aromatic nitrogens is 1. The second-order valence-corrected chi connectivity index (χ2v) is 3.82. The van der Waals surface area contributed by atoms with Gasteiger partial charge in [-0.05, 0) is 18.2 Å². The summed E-state index contributed by atoms with van der Waals surface area (Å²) in [6.45, 7) is 0. The number of carbonyl (C=O) groups is 1. The maximum absolute atomic E-state index is 13.4. The maximum atomic E-state index is 13.4. The van der Waals surface area contributed by atoms with Crippen molar-refractivity contribution in [3.63, 3.8) is 0 Å². The minimum Gasteiger partial charge on any atom is -0.478 e. The zero-order chi connectivity index (χ0) is 11.9. The fourth-order valence-electron chi connectivity index (χ4n) is 1.32. The molecule has 6 heteroatoms. The van der Waals surface area contributed by atoms with E-state index in [2.05, 4.69) is 4.98 Å². The second-order valence-electron chi connectivity index (χ2n) is 3.06. The number of hydrogen-bond donors (Lipinski definition) is 1. The summed E-state index contributed by atoms with van der Waals surface area (Å²) in [5, 5.41) is 9.01. The van der Waals surface area contributed by atoms with Crippen LogP contribution in [0.15, 0.2) is 18.2 Å². The van der Waals surface area contributed by atoms with Gasteiger partial charge in [-0.25, -0.2) is 14.2 Å². The van der Waals surface area contributed by atoms with Crippen molar-refractivity contribution >= 4 is 40.1 Å². The molecule has 0 fully saturated rings. The molecule has 0 bridgehead atoms. The standard InChI is InChI=1S/C10H4Cl2FNO2/c11-6-1-2-7(13)8-4(6)3-5(10(15)16)9(12)14-8/h1-3H,(H,15,16). The van der Waals surface area contributed by atoms with Crippen LogP contribution >= 0.6 is 23.2 Å². The average Bonchev–Trinajstić information content (AvgIpc) is 2.23. The Balaban J connectivity index is 2.89. The molecule has 82 valence electrons. The molecule has 0 saturated heterocycles. The van der Waals surface area contributed by atoms with E-state index < -0.39 is 11.8 Å². The number of rotatable bonds is 1. The Morgan fingerprint density at radius 2 is 2.06 bits per heavy atom. The minimum atomic E-state index is -1.24. The van der Waals surface area contributed by atoms with Gasteiger partial charge in [0.2, 0.25) is 0 Å². The van der Waals surface area contributed by atoms with Gasteiger partial charge in [0, 0.05) is 5.39 Å². The predicted octanol–water partition coefficient (Wildman–Crippen LogP) is 3.38. The Hall–Kier alpha value is -1.39. The van der Waals surface area contributed by atoms with Gasteiger partial charge < -0.3 is 5.11 Å². The molecule has 0 saturated carbocycles. The van der Waals surface area contributed by atoms with E-state index >= 15 is 0 Å². The van der Waals surface area contributed by atoms with Crippen molar-refractivity contribution < 1.29 is 14.3 Å². The van der Waals surface area contributed by atoms with E-state index in [1.165, 1.54) is 12.1 Å². The molecule has 0 aliphatic heterocycles. The molecule has 0 aliphatic carbocycles. The molecule has 0 atom stereocenters. The average molecular weight is 260 g/mol. The predicted molar refractivity (Wildman–Crippen MR) is 58.7 cm³/mol. The normalized spacial score (nSPS) is 10.7. The molecule has 0 spiro atoms. The second kappa shape index (κ2) is 3.88. The van der Waals surface area contributed by atoms with Gasteiger partial charge in [-0.3, -0.25) is 0 Å². The van der Waals surface area contributed by atoms with Crippen LogP contribution in [0, 0.1) is 5.82 Å². The summed E-state index contributed by atoms with van der Waals surface area (Å²) in [4.78, 5) is 14.5. The lowest BCUT2D eigenvalue weighted by atomic mass is 10.1. The smallest absolute Gasteiger partial charge is 0.338 e. The molecule has 1 aromatic carbocycles. The third-order valence-corrected chi connectivity index (χ3v) is 2.68. The fraction of sp³-hybridized carbons (Fsp3) is 0. The number of hydrogen-bond acceptors (Lipinski definition) is 2. The summed E-state index contributed by atoms with van der Waals surface area (Å²) in [6.07, 6.45) is 0. The van der Waals surface area contributed by atoms with Crippen LogP contribution in [0.3, 0.4) is 0 Å².